The summed E-state index contributed by atoms with van der Waals surface area (Å²) in [4.78, 5) is 7.22. The fourth-order valence-electron chi connectivity index (χ4n) is 2.90. The van der Waals surface area contributed by atoms with Crippen molar-refractivity contribution in [2.45, 2.75) is 151 Å². The van der Waals surface area contributed by atoms with Gasteiger partial charge in [0.05, 0.1) is 13.7 Å². The van der Waals surface area contributed by atoms with Crippen molar-refractivity contribution in [2.24, 2.45) is 0 Å². The van der Waals surface area contributed by atoms with Crippen molar-refractivity contribution in [1.29, 1.82) is 0 Å². The lowest BCUT2D eigenvalue weighted by atomic mass is 10.1. The van der Waals surface area contributed by atoms with E-state index < -0.39 is 0 Å². The van der Waals surface area contributed by atoms with Crippen LogP contribution in [0.1, 0.15) is 151 Å². The highest BCUT2D eigenvalue weighted by Crippen LogP contribution is 2.10. The lowest BCUT2D eigenvalue weighted by molar-refractivity contribution is -0.242. The summed E-state index contributed by atoms with van der Waals surface area (Å²) in [5.74, 6) is 0. The summed E-state index contributed by atoms with van der Waals surface area (Å²) in [6.45, 7) is 9.35. The molecule has 3 N–H and O–H groups in total. The monoisotopic (exact) mass is 454 g/mol. The summed E-state index contributed by atoms with van der Waals surface area (Å²) < 4.78 is 0. The Hall–Kier alpha value is -0.200. The zero-order chi connectivity index (χ0) is 23.6. The van der Waals surface area contributed by atoms with Crippen LogP contribution in [0.15, 0.2) is 0 Å². The lowest BCUT2D eigenvalue weighted by Crippen LogP contribution is -1.89. The number of unbranched alkanes of at least 4 members (excludes halogenated alkanes) is 16. The molecule has 0 spiro atoms. The first kappa shape index (κ1) is 41.1. The maximum absolute atomic E-state index is 8.53. The Labute approximate surface area is 196 Å². The Balaban J connectivity index is -0.000000117. The van der Waals surface area contributed by atoms with Gasteiger partial charge in [0.25, 0.3) is 0 Å². The van der Waals surface area contributed by atoms with Crippen LogP contribution in [0.2, 0.25) is 0 Å². The molecule has 0 saturated carbocycles. The van der Waals surface area contributed by atoms with Crippen LogP contribution in [-0.4, -0.2) is 35.9 Å². The first-order valence-electron chi connectivity index (χ1n) is 12.8. The van der Waals surface area contributed by atoms with Gasteiger partial charge < -0.3 is 5.11 Å². The lowest BCUT2D eigenvalue weighted by Gasteiger charge is -2.00. The smallest absolute Gasteiger partial charge is 0.0819 e. The van der Waals surface area contributed by atoms with E-state index in [1.807, 2.05) is 13.8 Å². The van der Waals surface area contributed by atoms with E-state index in [0.717, 1.165) is 25.7 Å². The molecule has 0 radical (unpaired) electrons. The molecule has 0 amide bonds. The van der Waals surface area contributed by atoms with Crippen LogP contribution in [0.3, 0.4) is 0 Å². The van der Waals surface area contributed by atoms with Crippen molar-refractivity contribution in [3.63, 3.8) is 0 Å². The quantitative estimate of drug-likeness (QED) is 0.103. The number of hydrogen-bond acceptors (Lipinski definition) is 5. The summed E-state index contributed by atoms with van der Waals surface area (Å²) in [7, 11) is 1.18. The Bertz CT molecular complexity index is 196. The molecule has 0 aromatic heterocycles. The standard InChI is InChI=1S/C12H26.C10H22O3.C2H6.CH4O2.CH4/c1-3-5-7-9-11-12-10-8-6-4-2;11-9-7-5-3-1-2-4-6-8-10-13-12;1-2;1-3-2;/h3-12H2,1-2H3;11-12H,1-10H2;1-2H3;2H,1H3;1H4. The SMILES string of the molecule is C.CC.CCCCCCCCCCCC.COO.OCCCCCCCCCCOO. The molecule has 0 unspecified atom stereocenters. The summed E-state index contributed by atoms with van der Waals surface area (Å²) >= 11 is 0. The largest absolute Gasteiger partial charge is 0.396 e. The second kappa shape index (κ2) is 52.0. The first-order chi connectivity index (χ1) is 14.7. The molecule has 0 rings (SSSR count). The van der Waals surface area contributed by atoms with E-state index >= 15 is 0 Å². The zero-order valence-corrected chi connectivity index (χ0v) is 21.3. The van der Waals surface area contributed by atoms with Gasteiger partial charge in [0, 0.05) is 6.61 Å². The third kappa shape index (κ3) is 65.2. The van der Waals surface area contributed by atoms with Crippen LogP contribution < -0.4 is 0 Å². The Morgan fingerprint density at radius 2 is 0.774 bits per heavy atom. The molecule has 0 aliphatic heterocycles. The predicted octanol–water partition coefficient (Wildman–Crippen LogP) is 9.28. The molecule has 0 aromatic carbocycles. The summed E-state index contributed by atoms with van der Waals surface area (Å²) in [6.07, 6.45) is 23.6. The highest BCUT2D eigenvalue weighted by molar-refractivity contribution is 4.46. The van der Waals surface area contributed by atoms with Gasteiger partial charge in [-0.1, -0.05) is 138 Å². The summed E-state index contributed by atoms with van der Waals surface area (Å²) in [6, 6.07) is 0. The molecule has 0 aromatic rings. The molecule has 0 heterocycles. The van der Waals surface area contributed by atoms with Crippen LogP contribution in [0.4, 0.5) is 0 Å². The van der Waals surface area contributed by atoms with Crippen LogP contribution >= 0.6 is 0 Å². The molecule has 31 heavy (non-hydrogen) atoms. The fourth-order valence-corrected chi connectivity index (χ4v) is 2.90. The van der Waals surface area contributed by atoms with Gasteiger partial charge in [-0.3, -0.25) is 10.5 Å². The Morgan fingerprint density at radius 1 is 0.516 bits per heavy atom. The molecule has 0 bridgehead atoms. The van der Waals surface area contributed by atoms with E-state index in [2.05, 4.69) is 23.6 Å². The molecular formula is C26H62O5. The van der Waals surface area contributed by atoms with Crippen molar-refractivity contribution in [3.8, 4) is 0 Å². The minimum absolute atomic E-state index is 0. The number of aliphatic hydroxyl groups excluding tert-OH is 1. The minimum Gasteiger partial charge on any atom is -0.396 e. The van der Waals surface area contributed by atoms with Gasteiger partial charge in [0.1, 0.15) is 0 Å². The Kier molecular flexibility index (Phi) is 68.9. The average Bonchev–Trinajstić information content (AvgIpc) is 2.77. The normalized spacial score (nSPS) is 9.29. The molecule has 0 saturated heterocycles. The average molecular weight is 455 g/mol. The van der Waals surface area contributed by atoms with Crippen molar-refractivity contribution in [1.82, 2.24) is 0 Å². The van der Waals surface area contributed by atoms with Gasteiger partial charge in [-0.25, -0.2) is 9.78 Å². The predicted molar refractivity (Wildman–Crippen MR) is 138 cm³/mol. The third-order valence-electron chi connectivity index (χ3n) is 4.60. The van der Waals surface area contributed by atoms with E-state index in [0.29, 0.717) is 13.2 Å². The highest BCUT2D eigenvalue weighted by Gasteiger charge is 1.92. The molecular weight excluding hydrogens is 392 g/mol. The van der Waals surface area contributed by atoms with Crippen LogP contribution in [0.25, 0.3) is 0 Å². The van der Waals surface area contributed by atoms with Crippen molar-refractivity contribution >= 4 is 0 Å². The fraction of sp³-hybridized carbons (Fsp3) is 1.00. The summed E-state index contributed by atoms with van der Waals surface area (Å²) in [5, 5.41) is 23.6. The van der Waals surface area contributed by atoms with Gasteiger partial charge in [0.15, 0.2) is 0 Å². The van der Waals surface area contributed by atoms with Crippen LogP contribution in [0, 0.1) is 0 Å². The molecule has 0 fully saturated rings. The Morgan fingerprint density at radius 3 is 1.03 bits per heavy atom. The van der Waals surface area contributed by atoms with Crippen LogP contribution in [-0.2, 0) is 9.78 Å². The van der Waals surface area contributed by atoms with Gasteiger partial charge in [-0.2, -0.15) is 0 Å². The third-order valence-corrected chi connectivity index (χ3v) is 4.60. The molecule has 5 nitrogen and oxygen atoms in total. The molecule has 0 aliphatic rings. The maximum Gasteiger partial charge on any atom is 0.0819 e. The van der Waals surface area contributed by atoms with Gasteiger partial charge in [-0.05, 0) is 12.8 Å². The van der Waals surface area contributed by atoms with Crippen molar-refractivity contribution in [2.75, 3.05) is 20.3 Å². The number of aliphatic hydroxyl groups is 1. The van der Waals surface area contributed by atoms with Crippen molar-refractivity contribution < 1.29 is 25.4 Å². The minimum atomic E-state index is 0. The van der Waals surface area contributed by atoms with E-state index in [9.17, 15) is 0 Å². The van der Waals surface area contributed by atoms with Crippen molar-refractivity contribution in [3.05, 3.63) is 0 Å². The van der Waals surface area contributed by atoms with Crippen LogP contribution in [0.5, 0.6) is 0 Å². The number of hydrogen-bond donors (Lipinski definition) is 3. The first-order valence-corrected chi connectivity index (χ1v) is 12.8. The van der Waals surface area contributed by atoms with E-state index in [-0.39, 0.29) is 7.43 Å². The highest BCUT2D eigenvalue weighted by atomic mass is 17.1. The second-order valence-electron chi connectivity index (χ2n) is 7.40. The van der Waals surface area contributed by atoms with Gasteiger partial charge in [-0.15, -0.1) is 0 Å². The van der Waals surface area contributed by atoms with E-state index in [1.54, 1.807) is 0 Å². The molecule has 0 aliphatic carbocycles. The topological polar surface area (TPSA) is 79.2 Å². The van der Waals surface area contributed by atoms with E-state index in [1.165, 1.54) is 97.0 Å². The van der Waals surface area contributed by atoms with Gasteiger partial charge in [0.2, 0.25) is 0 Å². The summed E-state index contributed by atoms with van der Waals surface area (Å²) in [5.41, 5.74) is 0. The maximum atomic E-state index is 8.53. The molecule has 196 valence electrons. The number of rotatable bonds is 19. The molecule has 5 heteroatoms. The van der Waals surface area contributed by atoms with Gasteiger partial charge >= 0.3 is 0 Å². The second-order valence-corrected chi connectivity index (χ2v) is 7.40. The zero-order valence-electron chi connectivity index (χ0n) is 21.3. The van der Waals surface area contributed by atoms with E-state index in [4.69, 9.17) is 15.6 Å². The molecule has 0 atom stereocenters.